The van der Waals surface area contributed by atoms with Crippen molar-refractivity contribution in [3.05, 3.63) is 168 Å². The van der Waals surface area contributed by atoms with Crippen molar-refractivity contribution >= 4 is 9.84 Å². The number of hydrogen-bond donors (Lipinski definition) is 6. The highest BCUT2D eigenvalue weighted by molar-refractivity contribution is 7.91. The Labute approximate surface area is 272 Å². The zero-order valence-electron chi connectivity index (χ0n) is 24.9. The lowest BCUT2D eigenvalue weighted by Crippen LogP contribution is -2.14. The summed E-state index contributed by atoms with van der Waals surface area (Å²) in [7, 11) is -3.59. The van der Waals surface area contributed by atoms with Crippen LogP contribution in [0.15, 0.2) is 155 Å². The minimum absolute atomic E-state index is 0.00894. The van der Waals surface area contributed by atoms with E-state index in [1.165, 1.54) is 48.5 Å². The molecule has 47 heavy (non-hydrogen) atoms. The molecule has 0 aliphatic rings. The minimum atomic E-state index is -3.59. The quantitative estimate of drug-likeness (QED) is 0.105. The monoisotopic (exact) mass is 648 g/mol. The van der Waals surface area contributed by atoms with E-state index >= 15 is 0 Å². The Hall–Kier alpha value is -5.93. The first-order valence-corrected chi connectivity index (χ1v) is 16.0. The summed E-state index contributed by atoms with van der Waals surface area (Å²) in [6.45, 7) is 0. The SMILES string of the molecule is O=S(=O)(c1ccc(O)cc1)c1ccc(O)cc1.Oc1ccc(C(c2ccc(O)cc2)C(c2ccc(O)cc2)c2ccc(O)cc2)cc1. The summed E-state index contributed by atoms with van der Waals surface area (Å²) in [5, 5.41) is 57.4. The van der Waals surface area contributed by atoms with Crippen LogP contribution in [-0.4, -0.2) is 39.1 Å². The van der Waals surface area contributed by atoms with Crippen molar-refractivity contribution in [3.63, 3.8) is 0 Å². The molecule has 0 radical (unpaired) electrons. The summed E-state index contributed by atoms with van der Waals surface area (Å²) in [6, 6.07) is 39.0. The Morgan fingerprint density at radius 1 is 0.298 bits per heavy atom. The van der Waals surface area contributed by atoms with Gasteiger partial charge in [-0.1, -0.05) is 48.5 Å². The molecule has 0 saturated heterocycles. The lowest BCUT2D eigenvalue weighted by atomic mass is 9.73. The van der Waals surface area contributed by atoms with E-state index in [9.17, 15) is 28.8 Å². The Morgan fingerprint density at radius 2 is 0.468 bits per heavy atom. The molecule has 8 nitrogen and oxygen atoms in total. The van der Waals surface area contributed by atoms with Crippen LogP contribution in [0, 0.1) is 0 Å². The van der Waals surface area contributed by atoms with Crippen molar-refractivity contribution in [3.8, 4) is 34.5 Å². The summed E-state index contributed by atoms with van der Waals surface area (Å²) < 4.78 is 24.2. The molecular weight excluding hydrogens is 616 g/mol. The molecule has 9 heteroatoms. The van der Waals surface area contributed by atoms with Gasteiger partial charge >= 0.3 is 0 Å². The van der Waals surface area contributed by atoms with Crippen molar-refractivity contribution in [2.24, 2.45) is 0 Å². The number of sulfone groups is 1. The van der Waals surface area contributed by atoms with Gasteiger partial charge in [0.15, 0.2) is 0 Å². The van der Waals surface area contributed by atoms with Crippen LogP contribution < -0.4 is 0 Å². The molecule has 0 aromatic heterocycles. The van der Waals surface area contributed by atoms with E-state index < -0.39 is 9.84 Å². The third-order valence-corrected chi connectivity index (χ3v) is 9.42. The molecule has 6 aromatic carbocycles. The Bertz CT molecular complexity index is 1770. The van der Waals surface area contributed by atoms with E-state index in [1.807, 2.05) is 48.5 Å². The lowest BCUT2D eigenvalue weighted by Gasteiger charge is -2.29. The van der Waals surface area contributed by atoms with Gasteiger partial charge in [0.25, 0.3) is 0 Å². The first-order valence-electron chi connectivity index (χ1n) is 14.5. The lowest BCUT2D eigenvalue weighted by molar-refractivity contribution is 0.473. The molecule has 0 atom stereocenters. The largest absolute Gasteiger partial charge is 0.508 e. The molecule has 6 N–H and O–H groups in total. The van der Waals surface area contributed by atoms with Crippen LogP contribution in [0.1, 0.15) is 34.1 Å². The van der Waals surface area contributed by atoms with E-state index in [-0.39, 0.29) is 56.1 Å². The normalized spacial score (nSPS) is 11.2. The van der Waals surface area contributed by atoms with E-state index in [4.69, 9.17) is 10.2 Å². The van der Waals surface area contributed by atoms with Crippen molar-refractivity contribution in [1.29, 1.82) is 0 Å². The fourth-order valence-corrected chi connectivity index (χ4v) is 6.53. The summed E-state index contributed by atoms with van der Waals surface area (Å²) >= 11 is 0. The molecule has 238 valence electrons. The van der Waals surface area contributed by atoms with Crippen LogP contribution in [0.2, 0.25) is 0 Å². The standard InChI is InChI=1S/C26H22O4.C12H10O4S/c27-21-9-1-17(2-10-21)25(18-3-11-22(28)12-4-18)26(19-5-13-23(29)14-6-19)20-7-15-24(30)16-8-20;13-9-1-5-11(6-2-9)17(15,16)12-7-3-10(14)4-8-12/h1-16,25-30H;1-8,13-14H. The van der Waals surface area contributed by atoms with Gasteiger partial charge in [0.2, 0.25) is 9.84 Å². The molecular formula is C38H32O8S. The second-order valence-corrected chi connectivity index (χ2v) is 12.8. The molecule has 0 spiro atoms. The van der Waals surface area contributed by atoms with Crippen LogP contribution in [0.4, 0.5) is 0 Å². The maximum Gasteiger partial charge on any atom is 0.206 e. The van der Waals surface area contributed by atoms with Gasteiger partial charge in [-0.15, -0.1) is 0 Å². The molecule has 0 unspecified atom stereocenters. The Kier molecular flexibility index (Phi) is 9.68. The van der Waals surface area contributed by atoms with Gasteiger partial charge in [0.05, 0.1) is 9.79 Å². The van der Waals surface area contributed by atoms with Crippen molar-refractivity contribution in [2.75, 3.05) is 0 Å². The number of phenols is 6. The van der Waals surface area contributed by atoms with Crippen LogP contribution in [-0.2, 0) is 9.84 Å². The molecule has 0 saturated carbocycles. The third kappa shape index (κ3) is 7.84. The Balaban J connectivity index is 0.000000216. The first kappa shape index (κ1) is 32.5. The molecule has 0 heterocycles. The summed E-state index contributed by atoms with van der Waals surface area (Å²) in [5.41, 5.74) is 3.96. The molecule has 0 bridgehead atoms. The van der Waals surface area contributed by atoms with Crippen molar-refractivity contribution in [1.82, 2.24) is 0 Å². The average molecular weight is 649 g/mol. The van der Waals surface area contributed by atoms with Crippen LogP contribution in [0.3, 0.4) is 0 Å². The van der Waals surface area contributed by atoms with Gasteiger partial charge in [-0.3, -0.25) is 0 Å². The predicted octanol–water partition coefficient (Wildman–Crippen LogP) is 7.40. The molecule has 0 aliphatic heterocycles. The highest BCUT2D eigenvalue weighted by atomic mass is 32.2. The number of hydrogen-bond acceptors (Lipinski definition) is 8. The third-order valence-electron chi connectivity index (χ3n) is 7.64. The maximum absolute atomic E-state index is 12.1. The molecule has 0 fully saturated rings. The average Bonchev–Trinajstić information content (AvgIpc) is 3.07. The fourth-order valence-electron chi connectivity index (χ4n) is 5.27. The second kappa shape index (κ2) is 14.0. The summed E-state index contributed by atoms with van der Waals surface area (Å²) in [4.78, 5) is 0.196. The van der Waals surface area contributed by atoms with Gasteiger partial charge in [0, 0.05) is 11.8 Å². The second-order valence-electron chi connectivity index (χ2n) is 10.8. The van der Waals surface area contributed by atoms with E-state index in [0.717, 1.165) is 22.3 Å². The number of benzene rings is 6. The van der Waals surface area contributed by atoms with E-state index in [2.05, 4.69) is 0 Å². The fraction of sp³-hybridized carbons (Fsp3) is 0.0526. The van der Waals surface area contributed by atoms with Crippen molar-refractivity contribution in [2.45, 2.75) is 21.6 Å². The van der Waals surface area contributed by atoms with Gasteiger partial charge in [0.1, 0.15) is 34.5 Å². The first-order chi connectivity index (χ1) is 22.5. The van der Waals surface area contributed by atoms with Crippen molar-refractivity contribution < 1.29 is 39.1 Å². The van der Waals surface area contributed by atoms with Crippen LogP contribution in [0.25, 0.3) is 0 Å². The van der Waals surface area contributed by atoms with E-state index in [0.29, 0.717) is 0 Å². The highest BCUT2D eigenvalue weighted by Crippen LogP contribution is 2.44. The molecule has 0 amide bonds. The number of aromatic hydroxyl groups is 6. The predicted molar refractivity (Wildman–Crippen MR) is 178 cm³/mol. The molecule has 6 aromatic rings. The zero-order valence-corrected chi connectivity index (χ0v) is 25.7. The summed E-state index contributed by atoms with van der Waals surface area (Å²) in [6.07, 6.45) is 0. The van der Waals surface area contributed by atoms with Gasteiger partial charge in [-0.05, 0) is 119 Å². The zero-order chi connectivity index (χ0) is 33.6. The minimum Gasteiger partial charge on any atom is -0.508 e. The topological polar surface area (TPSA) is 156 Å². The maximum atomic E-state index is 12.1. The Morgan fingerprint density at radius 3 is 0.660 bits per heavy atom. The number of phenolic OH excluding ortho intramolecular Hbond substituents is 6. The highest BCUT2D eigenvalue weighted by Gasteiger charge is 2.28. The van der Waals surface area contributed by atoms with Gasteiger partial charge in [-0.2, -0.15) is 0 Å². The molecule has 6 rings (SSSR count). The van der Waals surface area contributed by atoms with Gasteiger partial charge < -0.3 is 30.6 Å². The number of rotatable bonds is 7. The summed E-state index contributed by atoms with van der Waals surface area (Å²) in [5.74, 6) is 0.496. The van der Waals surface area contributed by atoms with Crippen LogP contribution in [0.5, 0.6) is 34.5 Å². The molecule has 0 aliphatic carbocycles. The van der Waals surface area contributed by atoms with E-state index in [1.54, 1.807) is 48.5 Å². The van der Waals surface area contributed by atoms with Gasteiger partial charge in [-0.25, -0.2) is 8.42 Å². The smallest absolute Gasteiger partial charge is 0.206 e. The van der Waals surface area contributed by atoms with Crippen LogP contribution >= 0.6 is 0 Å².